The molecule has 0 radical (unpaired) electrons. The summed E-state index contributed by atoms with van der Waals surface area (Å²) in [7, 11) is 0. The minimum atomic E-state index is 0.168. The van der Waals surface area contributed by atoms with Crippen molar-refractivity contribution >= 4 is 22.5 Å². The van der Waals surface area contributed by atoms with E-state index in [-0.39, 0.29) is 5.91 Å². The van der Waals surface area contributed by atoms with Gasteiger partial charge >= 0.3 is 0 Å². The van der Waals surface area contributed by atoms with Crippen molar-refractivity contribution in [3.05, 3.63) is 60.7 Å². The van der Waals surface area contributed by atoms with Crippen molar-refractivity contribution in [2.24, 2.45) is 0 Å². The zero-order valence-electron chi connectivity index (χ0n) is 19.1. The van der Waals surface area contributed by atoms with Gasteiger partial charge in [-0.25, -0.2) is 4.98 Å². The third-order valence-corrected chi connectivity index (χ3v) is 6.26. The highest BCUT2D eigenvalue weighted by atomic mass is 16.5. The topological polar surface area (TPSA) is 89.0 Å². The van der Waals surface area contributed by atoms with Gasteiger partial charge in [0.15, 0.2) is 0 Å². The molecule has 34 heavy (non-hydrogen) atoms. The molecule has 0 bridgehead atoms. The van der Waals surface area contributed by atoms with E-state index in [4.69, 9.17) is 4.74 Å². The second-order valence-corrected chi connectivity index (χ2v) is 8.31. The minimum Gasteiger partial charge on any atom is -0.493 e. The molecule has 3 heterocycles. The van der Waals surface area contributed by atoms with Gasteiger partial charge in [-0.1, -0.05) is 12.1 Å². The Balaban J connectivity index is 1.42. The minimum absolute atomic E-state index is 0.168. The van der Waals surface area contributed by atoms with Crippen molar-refractivity contribution in [3.8, 4) is 23.1 Å². The first-order chi connectivity index (χ1) is 16.7. The highest BCUT2D eigenvalue weighted by Gasteiger charge is 2.23. The molecule has 2 aromatic heterocycles. The number of anilines is 1. The van der Waals surface area contributed by atoms with Crippen molar-refractivity contribution in [3.63, 3.8) is 0 Å². The molecule has 2 aromatic carbocycles. The van der Waals surface area contributed by atoms with Gasteiger partial charge in [0.2, 0.25) is 5.91 Å². The lowest BCUT2D eigenvalue weighted by Gasteiger charge is -2.16. The van der Waals surface area contributed by atoms with Crippen LogP contribution in [0.15, 0.2) is 55.1 Å². The van der Waals surface area contributed by atoms with E-state index in [2.05, 4.69) is 27.6 Å². The number of carbonyl (C=O) groups excluding carboxylic acids is 1. The fraction of sp³-hybridized carbons (Fsp3) is 0.308. The fourth-order valence-electron chi connectivity index (χ4n) is 4.65. The molecular weight excluding hydrogens is 428 g/mol. The average molecular weight is 455 g/mol. The van der Waals surface area contributed by atoms with Crippen molar-refractivity contribution in [1.82, 2.24) is 19.3 Å². The number of nitrogens with zero attached hydrogens (tertiary/aromatic N) is 6. The van der Waals surface area contributed by atoms with Crippen LogP contribution in [0.5, 0.6) is 5.75 Å². The van der Waals surface area contributed by atoms with Gasteiger partial charge in [-0.05, 0) is 43.2 Å². The third-order valence-electron chi connectivity index (χ3n) is 6.26. The second-order valence-electron chi connectivity index (χ2n) is 8.31. The summed E-state index contributed by atoms with van der Waals surface area (Å²) in [6.07, 6.45) is 5.54. The highest BCUT2D eigenvalue weighted by molar-refractivity contribution is 5.97. The van der Waals surface area contributed by atoms with Crippen LogP contribution in [0, 0.1) is 11.3 Å². The molecule has 1 amide bonds. The summed E-state index contributed by atoms with van der Waals surface area (Å²) in [5.41, 5.74) is 4.38. The van der Waals surface area contributed by atoms with Gasteiger partial charge in [0.1, 0.15) is 24.5 Å². The summed E-state index contributed by atoms with van der Waals surface area (Å²) in [5.74, 6) is 0.944. The molecule has 0 N–H and O–H groups in total. The molecule has 0 atom stereocenters. The number of benzene rings is 2. The average Bonchev–Trinajstić information content (AvgIpc) is 3.60. The summed E-state index contributed by atoms with van der Waals surface area (Å²) in [6, 6.07) is 16.3. The van der Waals surface area contributed by atoms with Crippen molar-refractivity contribution in [2.75, 3.05) is 18.1 Å². The van der Waals surface area contributed by atoms with E-state index in [1.165, 1.54) is 6.33 Å². The SMILES string of the molecule is CCn1c(-c2ccc(N3CCCC3=O)cc2)c(C#N)c2ccc(OCCCn3cncn3)cc21. The number of amides is 1. The first-order valence-corrected chi connectivity index (χ1v) is 11.6. The van der Waals surface area contributed by atoms with Gasteiger partial charge in [0.05, 0.1) is 23.4 Å². The van der Waals surface area contributed by atoms with Crippen molar-refractivity contribution in [2.45, 2.75) is 39.3 Å². The quantitative estimate of drug-likeness (QED) is 0.369. The molecule has 8 heteroatoms. The molecule has 1 aliphatic rings. The zero-order valence-corrected chi connectivity index (χ0v) is 19.1. The molecule has 4 aromatic rings. The smallest absolute Gasteiger partial charge is 0.227 e. The van der Waals surface area contributed by atoms with Gasteiger partial charge < -0.3 is 14.2 Å². The molecule has 5 rings (SSSR count). The molecule has 1 fully saturated rings. The number of aromatic nitrogens is 4. The summed E-state index contributed by atoms with van der Waals surface area (Å²) in [5, 5.41) is 15.0. The van der Waals surface area contributed by atoms with Crippen molar-refractivity contribution < 1.29 is 9.53 Å². The molecule has 1 aliphatic heterocycles. The Bertz CT molecular complexity index is 1350. The predicted molar refractivity (Wildman–Crippen MR) is 129 cm³/mol. The lowest BCUT2D eigenvalue weighted by Crippen LogP contribution is -2.23. The Morgan fingerprint density at radius 3 is 2.71 bits per heavy atom. The Hall–Kier alpha value is -4.12. The number of fused-ring (bicyclic) bond motifs is 1. The Kier molecular flexibility index (Phi) is 6.00. The molecule has 172 valence electrons. The molecular formula is C26H26N6O2. The first kappa shape index (κ1) is 21.7. The van der Waals surface area contributed by atoms with Gasteiger partial charge in [0, 0.05) is 49.6 Å². The van der Waals surface area contributed by atoms with Gasteiger partial charge in [-0.3, -0.25) is 9.48 Å². The summed E-state index contributed by atoms with van der Waals surface area (Å²) in [4.78, 5) is 17.9. The normalized spacial score (nSPS) is 13.5. The van der Waals surface area contributed by atoms with E-state index in [1.54, 1.807) is 11.0 Å². The van der Waals surface area contributed by atoms with Crippen LogP contribution in [-0.2, 0) is 17.9 Å². The number of nitriles is 1. The largest absolute Gasteiger partial charge is 0.493 e. The molecule has 0 aliphatic carbocycles. The van der Waals surface area contributed by atoms with Crippen molar-refractivity contribution in [1.29, 1.82) is 5.26 Å². The van der Waals surface area contributed by atoms with Crippen LogP contribution < -0.4 is 9.64 Å². The Morgan fingerprint density at radius 2 is 2.03 bits per heavy atom. The maximum absolute atomic E-state index is 12.1. The van der Waals surface area contributed by atoms with E-state index in [9.17, 15) is 10.1 Å². The summed E-state index contributed by atoms with van der Waals surface area (Å²) < 4.78 is 9.93. The van der Waals surface area contributed by atoms with Gasteiger partial charge in [0.25, 0.3) is 0 Å². The van der Waals surface area contributed by atoms with Crippen LogP contribution in [0.2, 0.25) is 0 Å². The van der Waals surface area contributed by atoms with Gasteiger partial charge in [-0.15, -0.1) is 0 Å². The number of carbonyl (C=O) groups is 1. The lowest BCUT2D eigenvalue weighted by atomic mass is 10.1. The molecule has 0 spiro atoms. The predicted octanol–water partition coefficient (Wildman–Crippen LogP) is 4.39. The van der Waals surface area contributed by atoms with Crippen LogP contribution in [-0.4, -0.2) is 38.4 Å². The number of hydrogen-bond acceptors (Lipinski definition) is 5. The maximum Gasteiger partial charge on any atom is 0.227 e. The van der Waals surface area contributed by atoms with Crippen LogP contribution in [0.3, 0.4) is 0 Å². The van der Waals surface area contributed by atoms with E-state index >= 15 is 0 Å². The highest BCUT2D eigenvalue weighted by Crippen LogP contribution is 2.36. The lowest BCUT2D eigenvalue weighted by molar-refractivity contribution is -0.117. The molecule has 0 unspecified atom stereocenters. The van der Waals surface area contributed by atoms with Crippen LogP contribution >= 0.6 is 0 Å². The third kappa shape index (κ3) is 4.01. The summed E-state index contributed by atoms with van der Waals surface area (Å²) >= 11 is 0. The number of rotatable bonds is 8. The van der Waals surface area contributed by atoms with E-state index in [0.29, 0.717) is 18.6 Å². The van der Waals surface area contributed by atoms with Crippen LogP contribution in [0.1, 0.15) is 31.7 Å². The van der Waals surface area contributed by atoms with Gasteiger partial charge in [-0.2, -0.15) is 10.4 Å². The number of hydrogen-bond donors (Lipinski definition) is 0. The summed E-state index contributed by atoms with van der Waals surface area (Å²) in [6.45, 7) is 4.86. The molecule has 1 saturated heterocycles. The standard InChI is InChI=1S/C26H26N6O2/c1-2-31-24-15-21(34-14-4-12-30-18-28-17-29-30)10-11-22(24)23(16-27)26(31)19-6-8-20(9-7-19)32-13-3-5-25(32)33/h6-11,15,17-18H,2-5,12-14H2,1H3. The maximum atomic E-state index is 12.1. The zero-order chi connectivity index (χ0) is 23.5. The second kappa shape index (κ2) is 9.40. The molecule has 0 saturated carbocycles. The van der Waals surface area contributed by atoms with E-state index in [1.807, 2.05) is 47.4 Å². The van der Waals surface area contributed by atoms with E-state index < -0.39 is 0 Å². The fourth-order valence-corrected chi connectivity index (χ4v) is 4.65. The van der Waals surface area contributed by atoms with Crippen LogP contribution in [0.4, 0.5) is 5.69 Å². The first-order valence-electron chi connectivity index (χ1n) is 11.6. The monoisotopic (exact) mass is 454 g/mol. The van der Waals surface area contributed by atoms with Crippen LogP contribution in [0.25, 0.3) is 22.2 Å². The number of ether oxygens (including phenoxy) is 1. The Morgan fingerprint density at radius 1 is 1.18 bits per heavy atom. The van der Waals surface area contributed by atoms with E-state index in [0.717, 1.165) is 66.1 Å². The molecule has 8 nitrogen and oxygen atoms in total. The Labute approximate surface area is 198 Å². The number of aryl methyl sites for hydroxylation is 2.